The van der Waals surface area contributed by atoms with Gasteiger partial charge in [-0.3, -0.25) is 0 Å². The lowest BCUT2D eigenvalue weighted by atomic mass is 10.4. The molecule has 0 aromatic carbocycles. The van der Waals surface area contributed by atoms with Gasteiger partial charge in [-0.2, -0.15) is 0 Å². The van der Waals surface area contributed by atoms with Gasteiger partial charge in [-0.25, -0.2) is 0 Å². The maximum Gasteiger partial charge on any atom is 0.184 e. The molecule has 0 radical (unpaired) electrons. The molecule has 0 aliphatic rings. The van der Waals surface area contributed by atoms with E-state index in [4.69, 9.17) is 14.6 Å². The molecule has 2 N–H and O–H groups in total. The fourth-order valence-electron chi connectivity index (χ4n) is 0.993. The fourth-order valence-corrected chi connectivity index (χ4v) is 2.84. The molecule has 0 spiro atoms. The maximum absolute atomic E-state index is 5.89. The molecule has 1 atom stereocenters. The zero-order valence-electron chi connectivity index (χ0n) is 10.4. The lowest BCUT2D eigenvalue weighted by Crippen LogP contribution is -2.41. The van der Waals surface area contributed by atoms with Gasteiger partial charge in [-0.1, -0.05) is 0 Å². The summed E-state index contributed by atoms with van der Waals surface area (Å²) in [4.78, 5) is 0. The Kier molecular flexibility index (Phi) is 5.53. The van der Waals surface area contributed by atoms with E-state index in [1.807, 2.05) is 0 Å². The first-order chi connectivity index (χ1) is 6.14. The lowest BCUT2D eigenvalue weighted by molar-refractivity contribution is 0.125. The van der Waals surface area contributed by atoms with E-state index in [9.17, 15) is 0 Å². The van der Waals surface area contributed by atoms with E-state index in [1.54, 1.807) is 0 Å². The van der Waals surface area contributed by atoms with Crippen molar-refractivity contribution in [3.63, 3.8) is 0 Å². The summed E-state index contributed by atoms with van der Waals surface area (Å²) in [6.07, 6.45) is 0.0772. The van der Waals surface area contributed by atoms with Gasteiger partial charge in [0.25, 0.3) is 0 Å². The van der Waals surface area contributed by atoms with Crippen LogP contribution in [0.3, 0.4) is 0 Å². The van der Waals surface area contributed by atoms with Crippen LogP contribution >= 0.6 is 0 Å². The van der Waals surface area contributed by atoms with Crippen LogP contribution in [0.15, 0.2) is 0 Å². The van der Waals surface area contributed by atoms with Crippen molar-refractivity contribution >= 4 is 16.6 Å². The zero-order valence-corrected chi connectivity index (χ0v) is 12.4. The van der Waals surface area contributed by atoms with Crippen molar-refractivity contribution in [2.75, 3.05) is 13.2 Å². The van der Waals surface area contributed by atoms with Crippen LogP contribution in [-0.4, -0.2) is 35.9 Å². The molecule has 0 fully saturated rings. The summed E-state index contributed by atoms with van der Waals surface area (Å²) in [5.74, 6) is 0. The summed E-state index contributed by atoms with van der Waals surface area (Å²) in [5, 5.41) is 0. The molecule has 3 nitrogen and oxygen atoms in total. The van der Waals surface area contributed by atoms with Crippen LogP contribution in [0, 0.1) is 0 Å². The Hall–Kier alpha value is 0.314. The largest absolute Gasteiger partial charge is 0.415 e. The highest BCUT2D eigenvalue weighted by atomic mass is 28.4. The Bertz CT molecular complexity index is 163. The second kappa shape index (κ2) is 5.41. The Labute approximate surface area is 90.2 Å². The van der Waals surface area contributed by atoms with Crippen molar-refractivity contribution in [1.29, 1.82) is 0 Å². The molecule has 0 aromatic rings. The lowest BCUT2D eigenvalue weighted by Gasteiger charge is -2.28. The average molecular weight is 235 g/mol. The third kappa shape index (κ3) is 8.89. The first-order valence-corrected chi connectivity index (χ1v) is 12.0. The van der Waals surface area contributed by atoms with Gasteiger partial charge in [0.2, 0.25) is 0 Å². The average Bonchev–Trinajstić information content (AvgIpc) is 1.94. The molecule has 86 valence electrons. The van der Waals surface area contributed by atoms with Crippen LogP contribution in [0.1, 0.15) is 0 Å². The monoisotopic (exact) mass is 235 g/mol. The molecular weight excluding hydrogens is 210 g/mol. The van der Waals surface area contributed by atoms with E-state index in [1.165, 1.54) is 0 Å². The predicted octanol–water partition coefficient (Wildman–Crippen LogP) is 2.02. The predicted molar refractivity (Wildman–Crippen MR) is 66.6 cm³/mol. The molecule has 0 rings (SSSR count). The highest BCUT2D eigenvalue weighted by molar-refractivity contribution is 6.70. The van der Waals surface area contributed by atoms with E-state index in [0.717, 1.165) is 0 Å². The first-order valence-electron chi connectivity index (χ1n) is 5.16. The van der Waals surface area contributed by atoms with Crippen molar-refractivity contribution in [3.8, 4) is 0 Å². The van der Waals surface area contributed by atoms with Gasteiger partial charge in [0.1, 0.15) is 0 Å². The van der Waals surface area contributed by atoms with E-state index in [0.29, 0.717) is 13.2 Å². The normalized spacial score (nSPS) is 15.6. The quantitative estimate of drug-likeness (QED) is 0.716. The molecule has 5 heteroatoms. The molecule has 0 saturated heterocycles. The molecule has 1 unspecified atom stereocenters. The minimum atomic E-state index is -1.48. The van der Waals surface area contributed by atoms with Crippen LogP contribution in [0.2, 0.25) is 39.3 Å². The Morgan fingerprint density at radius 2 is 1.50 bits per heavy atom. The summed E-state index contributed by atoms with van der Waals surface area (Å²) >= 11 is 0. The van der Waals surface area contributed by atoms with Crippen LogP contribution in [0.5, 0.6) is 0 Å². The maximum atomic E-state index is 5.89. The van der Waals surface area contributed by atoms with Crippen molar-refractivity contribution < 1.29 is 8.85 Å². The molecule has 0 aliphatic heterocycles. The summed E-state index contributed by atoms with van der Waals surface area (Å²) in [7, 11) is -2.91. The van der Waals surface area contributed by atoms with E-state index in [-0.39, 0.29) is 6.10 Å². The molecule has 0 heterocycles. The molecule has 0 saturated carbocycles. The summed E-state index contributed by atoms with van der Waals surface area (Å²) in [6.45, 7) is 14.2. The van der Waals surface area contributed by atoms with Gasteiger partial charge in [0.05, 0.1) is 12.7 Å². The standard InChI is InChI=1S/C9H25NO2Si2/c1-13(2,3)11-8-9(7-10)12-14(4,5)6/h9H,7-8,10H2,1-6H3. The Morgan fingerprint density at radius 3 is 1.79 bits per heavy atom. The second-order valence-electron chi connectivity index (χ2n) is 5.51. The minimum Gasteiger partial charge on any atom is -0.415 e. The highest BCUT2D eigenvalue weighted by Gasteiger charge is 2.22. The Balaban J connectivity index is 3.93. The number of rotatable bonds is 6. The number of hydrogen-bond acceptors (Lipinski definition) is 3. The van der Waals surface area contributed by atoms with Crippen LogP contribution < -0.4 is 5.73 Å². The summed E-state index contributed by atoms with van der Waals surface area (Å²) in [5.41, 5.74) is 5.64. The van der Waals surface area contributed by atoms with Crippen molar-refractivity contribution in [2.45, 2.75) is 45.4 Å². The summed E-state index contributed by atoms with van der Waals surface area (Å²) in [6, 6.07) is 0. The van der Waals surface area contributed by atoms with Gasteiger partial charge < -0.3 is 14.6 Å². The second-order valence-corrected chi connectivity index (χ2v) is 14.5. The number of nitrogens with two attached hydrogens (primary N) is 1. The molecule has 0 bridgehead atoms. The van der Waals surface area contributed by atoms with Gasteiger partial charge in [-0.05, 0) is 39.3 Å². The van der Waals surface area contributed by atoms with Gasteiger partial charge in [0, 0.05) is 6.54 Å². The van der Waals surface area contributed by atoms with E-state index >= 15 is 0 Å². The van der Waals surface area contributed by atoms with Crippen molar-refractivity contribution in [3.05, 3.63) is 0 Å². The van der Waals surface area contributed by atoms with E-state index < -0.39 is 16.6 Å². The molecule has 0 amide bonds. The highest BCUT2D eigenvalue weighted by Crippen LogP contribution is 2.09. The van der Waals surface area contributed by atoms with Crippen molar-refractivity contribution in [2.24, 2.45) is 5.73 Å². The number of hydrogen-bond donors (Lipinski definition) is 1. The Morgan fingerprint density at radius 1 is 1.00 bits per heavy atom. The minimum absolute atomic E-state index is 0.0772. The smallest absolute Gasteiger partial charge is 0.184 e. The first kappa shape index (κ1) is 14.3. The zero-order chi connectivity index (χ0) is 11.4. The fraction of sp³-hybridized carbons (Fsp3) is 1.00. The summed E-state index contributed by atoms with van der Waals surface area (Å²) < 4.78 is 11.7. The van der Waals surface area contributed by atoms with Gasteiger partial charge in [0.15, 0.2) is 16.6 Å². The van der Waals surface area contributed by atoms with Crippen LogP contribution in [0.25, 0.3) is 0 Å². The van der Waals surface area contributed by atoms with Crippen LogP contribution in [0.4, 0.5) is 0 Å². The van der Waals surface area contributed by atoms with Crippen LogP contribution in [-0.2, 0) is 8.85 Å². The SMILES string of the molecule is C[Si](C)(C)OCC(CN)O[Si](C)(C)C. The molecule has 14 heavy (non-hydrogen) atoms. The van der Waals surface area contributed by atoms with Gasteiger partial charge in [-0.15, -0.1) is 0 Å². The topological polar surface area (TPSA) is 44.5 Å². The van der Waals surface area contributed by atoms with Crippen molar-refractivity contribution in [1.82, 2.24) is 0 Å². The molecule has 0 aromatic heterocycles. The molecular formula is C9H25NO2Si2. The third-order valence-electron chi connectivity index (χ3n) is 1.49. The third-order valence-corrected chi connectivity index (χ3v) is 3.56. The van der Waals surface area contributed by atoms with Gasteiger partial charge >= 0.3 is 0 Å². The van der Waals surface area contributed by atoms with E-state index in [2.05, 4.69) is 39.3 Å². The molecule has 0 aliphatic carbocycles.